The number of carbonyl (C=O) groups is 2. The second-order valence-electron chi connectivity index (χ2n) is 6.08. The molecule has 0 fully saturated rings. The van der Waals surface area contributed by atoms with Crippen molar-refractivity contribution in [1.29, 1.82) is 0 Å². The van der Waals surface area contributed by atoms with Gasteiger partial charge in [0.1, 0.15) is 5.75 Å². The van der Waals surface area contributed by atoms with E-state index in [1.54, 1.807) is 37.3 Å². The summed E-state index contributed by atoms with van der Waals surface area (Å²) in [4.78, 5) is 35.5. The summed E-state index contributed by atoms with van der Waals surface area (Å²) in [5.41, 5.74) is 1.35. The minimum Gasteiger partial charge on any atom is -0.495 e. The first-order chi connectivity index (χ1) is 13.4. The van der Waals surface area contributed by atoms with Crippen LogP contribution in [0.3, 0.4) is 0 Å². The number of nitro groups is 1. The molecule has 2 aromatic carbocycles. The number of nitro benzene ring substituents is 1. The SMILES string of the molecule is COc1ccccc1NC(=O)C1=C(C)NC(=O)N[C@@H]1c1cccc([N+](=O)[O-])c1. The van der Waals surface area contributed by atoms with Crippen molar-refractivity contribution in [2.75, 3.05) is 12.4 Å². The van der Waals surface area contributed by atoms with E-state index in [0.717, 1.165) is 0 Å². The van der Waals surface area contributed by atoms with Crippen LogP contribution in [-0.4, -0.2) is 24.0 Å². The van der Waals surface area contributed by atoms with E-state index in [-0.39, 0.29) is 11.3 Å². The van der Waals surface area contributed by atoms with Crippen molar-refractivity contribution in [3.05, 3.63) is 75.5 Å². The molecule has 0 bridgehead atoms. The van der Waals surface area contributed by atoms with Crippen LogP contribution in [0.15, 0.2) is 59.8 Å². The summed E-state index contributed by atoms with van der Waals surface area (Å²) >= 11 is 0. The second kappa shape index (κ2) is 7.78. The van der Waals surface area contributed by atoms with Gasteiger partial charge in [-0.05, 0) is 24.6 Å². The number of methoxy groups -OCH3 is 1. The summed E-state index contributed by atoms with van der Waals surface area (Å²) in [6.45, 7) is 1.60. The molecule has 0 saturated carbocycles. The Labute approximate surface area is 160 Å². The van der Waals surface area contributed by atoms with Gasteiger partial charge in [0, 0.05) is 17.8 Å². The van der Waals surface area contributed by atoms with Crippen LogP contribution in [0.5, 0.6) is 5.75 Å². The third kappa shape index (κ3) is 3.78. The number of para-hydroxylation sites is 2. The van der Waals surface area contributed by atoms with E-state index in [9.17, 15) is 19.7 Å². The number of benzene rings is 2. The molecule has 3 amide bonds. The van der Waals surface area contributed by atoms with Gasteiger partial charge in [-0.1, -0.05) is 24.3 Å². The Morgan fingerprint density at radius 1 is 1.21 bits per heavy atom. The van der Waals surface area contributed by atoms with Crippen molar-refractivity contribution in [2.45, 2.75) is 13.0 Å². The minimum absolute atomic E-state index is 0.132. The maximum absolute atomic E-state index is 13.0. The van der Waals surface area contributed by atoms with Crippen LogP contribution < -0.4 is 20.7 Å². The molecule has 2 aromatic rings. The summed E-state index contributed by atoms with van der Waals surface area (Å²) in [6, 6.07) is 11.4. The number of rotatable bonds is 5. The molecule has 1 heterocycles. The molecule has 3 N–H and O–H groups in total. The Kier molecular flexibility index (Phi) is 5.25. The molecule has 9 heteroatoms. The molecule has 28 heavy (non-hydrogen) atoms. The minimum atomic E-state index is -0.844. The zero-order valence-corrected chi connectivity index (χ0v) is 15.2. The number of nitrogens with zero attached hydrogens (tertiary/aromatic N) is 1. The number of nitrogens with one attached hydrogen (secondary N) is 3. The van der Waals surface area contributed by atoms with E-state index in [0.29, 0.717) is 22.7 Å². The summed E-state index contributed by atoms with van der Waals surface area (Å²) in [7, 11) is 1.49. The standard InChI is InChI=1S/C19H18N4O5/c1-11-16(18(24)21-14-8-3-4-9-15(14)28-2)17(22-19(25)20-11)12-6-5-7-13(10-12)23(26)27/h3-10,17H,1-2H3,(H,21,24)(H2,20,22,25)/t17-/m1/s1. The van der Waals surface area contributed by atoms with Gasteiger partial charge in [0.05, 0.1) is 29.3 Å². The van der Waals surface area contributed by atoms with Crippen molar-refractivity contribution in [3.63, 3.8) is 0 Å². The fraction of sp³-hybridized carbons (Fsp3) is 0.158. The molecular formula is C19H18N4O5. The lowest BCUT2D eigenvalue weighted by Gasteiger charge is -2.28. The first-order valence-electron chi connectivity index (χ1n) is 8.37. The van der Waals surface area contributed by atoms with Crippen LogP contribution in [-0.2, 0) is 4.79 Å². The molecule has 1 aliphatic rings. The molecule has 0 aromatic heterocycles. The number of ether oxygens (including phenoxy) is 1. The zero-order chi connectivity index (χ0) is 20.3. The highest BCUT2D eigenvalue weighted by Gasteiger charge is 2.32. The third-order valence-corrected chi connectivity index (χ3v) is 4.28. The van der Waals surface area contributed by atoms with Crippen LogP contribution in [0.2, 0.25) is 0 Å². The smallest absolute Gasteiger partial charge is 0.319 e. The average Bonchev–Trinajstić information content (AvgIpc) is 2.67. The van der Waals surface area contributed by atoms with Gasteiger partial charge in [-0.3, -0.25) is 14.9 Å². The van der Waals surface area contributed by atoms with Crippen LogP contribution >= 0.6 is 0 Å². The number of anilines is 1. The van der Waals surface area contributed by atoms with E-state index in [2.05, 4.69) is 16.0 Å². The molecule has 0 aliphatic carbocycles. The van der Waals surface area contributed by atoms with E-state index >= 15 is 0 Å². The molecule has 0 spiro atoms. The third-order valence-electron chi connectivity index (χ3n) is 4.28. The van der Waals surface area contributed by atoms with Gasteiger partial charge in [-0.25, -0.2) is 4.79 Å². The highest BCUT2D eigenvalue weighted by atomic mass is 16.6. The fourth-order valence-electron chi connectivity index (χ4n) is 3.00. The van der Waals surface area contributed by atoms with Gasteiger partial charge in [0.25, 0.3) is 11.6 Å². The van der Waals surface area contributed by atoms with Crippen LogP contribution in [0.1, 0.15) is 18.5 Å². The summed E-state index contributed by atoms with van der Waals surface area (Å²) in [5.74, 6) is 0.0137. The average molecular weight is 382 g/mol. The molecular weight excluding hydrogens is 364 g/mol. The molecule has 9 nitrogen and oxygen atoms in total. The van der Waals surface area contributed by atoms with Gasteiger partial charge in [-0.2, -0.15) is 0 Å². The van der Waals surface area contributed by atoms with E-state index in [1.807, 2.05) is 0 Å². The lowest BCUT2D eigenvalue weighted by molar-refractivity contribution is -0.384. The Morgan fingerprint density at radius 2 is 1.96 bits per heavy atom. The Bertz CT molecular complexity index is 986. The van der Waals surface area contributed by atoms with Gasteiger partial charge in [0.2, 0.25) is 0 Å². The molecule has 0 radical (unpaired) electrons. The normalized spacial score (nSPS) is 16.1. The highest BCUT2D eigenvalue weighted by molar-refractivity contribution is 6.07. The van der Waals surface area contributed by atoms with E-state index in [4.69, 9.17) is 4.74 Å². The van der Waals surface area contributed by atoms with Crippen molar-refractivity contribution in [1.82, 2.24) is 10.6 Å². The fourth-order valence-corrected chi connectivity index (χ4v) is 3.00. The van der Waals surface area contributed by atoms with E-state index < -0.39 is 22.9 Å². The summed E-state index contributed by atoms with van der Waals surface area (Å²) in [5, 5.41) is 19.1. The van der Waals surface area contributed by atoms with E-state index in [1.165, 1.54) is 25.3 Å². The number of allylic oxidation sites excluding steroid dienone is 1. The first-order valence-corrected chi connectivity index (χ1v) is 8.37. The van der Waals surface area contributed by atoms with Crippen LogP contribution in [0.25, 0.3) is 0 Å². The van der Waals surface area contributed by atoms with Crippen molar-refractivity contribution < 1.29 is 19.2 Å². The second-order valence-corrected chi connectivity index (χ2v) is 6.08. The summed E-state index contributed by atoms with van der Waals surface area (Å²) < 4.78 is 5.24. The molecule has 0 unspecified atom stereocenters. The van der Waals surface area contributed by atoms with Crippen LogP contribution in [0.4, 0.5) is 16.2 Å². The lowest BCUT2D eigenvalue weighted by Crippen LogP contribution is -2.46. The predicted molar refractivity (Wildman–Crippen MR) is 102 cm³/mol. The molecule has 1 aliphatic heterocycles. The number of hydrogen-bond donors (Lipinski definition) is 3. The number of hydrogen-bond acceptors (Lipinski definition) is 5. The van der Waals surface area contributed by atoms with Crippen molar-refractivity contribution >= 4 is 23.3 Å². The number of non-ortho nitro benzene ring substituents is 1. The Balaban J connectivity index is 1.99. The van der Waals surface area contributed by atoms with Crippen LogP contribution in [0, 0.1) is 10.1 Å². The molecule has 144 valence electrons. The van der Waals surface area contributed by atoms with Crippen molar-refractivity contribution in [3.8, 4) is 5.75 Å². The Morgan fingerprint density at radius 3 is 2.68 bits per heavy atom. The molecule has 0 saturated heterocycles. The Hall–Kier alpha value is -3.88. The predicted octanol–water partition coefficient (Wildman–Crippen LogP) is 2.87. The van der Waals surface area contributed by atoms with Crippen molar-refractivity contribution in [2.24, 2.45) is 0 Å². The number of carbonyl (C=O) groups excluding carboxylic acids is 2. The van der Waals surface area contributed by atoms with Gasteiger partial charge < -0.3 is 20.7 Å². The molecule has 3 rings (SSSR count). The molecule has 1 atom stereocenters. The maximum atomic E-state index is 13.0. The first kappa shape index (κ1) is 18.9. The topological polar surface area (TPSA) is 123 Å². The number of urea groups is 1. The zero-order valence-electron chi connectivity index (χ0n) is 15.2. The number of amides is 3. The lowest BCUT2D eigenvalue weighted by atomic mass is 9.94. The highest BCUT2D eigenvalue weighted by Crippen LogP contribution is 2.31. The maximum Gasteiger partial charge on any atom is 0.319 e. The van der Waals surface area contributed by atoms with Gasteiger partial charge >= 0.3 is 6.03 Å². The summed E-state index contributed by atoms with van der Waals surface area (Å²) in [6.07, 6.45) is 0. The van der Waals surface area contributed by atoms with Gasteiger partial charge in [0.15, 0.2) is 0 Å². The monoisotopic (exact) mass is 382 g/mol. The van der Waals surface area contributed by atoms with Gasteiger partial charge in [-0.15, -0.1) is 0 Å². The quantitative estimate of drug-likeness (QED) is 0.542. The largest absolute Gasteiger partial charge is 0.495 e.